The molecular formula is C17H27N3. The van der Waals surface area contributed by atoms with Crippen LogP contribution in [0, 0.1) is 36.5 Å². The van der Waals surface area contributed by atoms with E-state index in [-0.39, 0.29) is 0 Å². The van der Waals surface area contributed by atoms with E-state index in [1.165, 1.54) is 12.8 Å². The maximum Gasteiger partial charge on any atom is 0.121 e. The van der Waals surface area contributed by atoms with Crippen molar-refractivity contribution < 1.29 is 0 Å². The van der Waals surface area contributed by atoms with Gasteiger partial charge in [-0.05, 0) is 81.5 Å². The van der Waals surface area contributed by atoms with Crippen LogP contribution in [0.25, 0.3) is 0 Å². The molecule has 4 aliphatic rings. The molecule has 1 aromatic rings. The van der Waals surface area contributed by atoms with Crippen molar-refractivity contribution in [3.63, 3.8) is 0 Å². The van der Waals surface area contributed by atoms with Gasteiger partial charge in [-0.3, -0.25) is 0 Å². The molecule has 0 unspecified atom stereocenters. The third kappa shape index (κ3) is 2.15. The summed E-state index contributed by atoms with van der Waals surface area (Å²) in [6, 6.07) is 1.98. The van der Waals surface area contributed by atoms with Crippen molar-refractivity contribution in [3.05, 3.63) is 11.8 Å². The lowest BCUT2D eigenvalue weighted by molar-refractivity contribution is -0.0406. The van der Waals surface area contributed by atoms with E-state index in [0.29, 0.717) is 0 Å². The summed E-state index contributed by atoms with van der Waals surface area (Å²) in [6.07, 6.45) is 10.4. The molecule has 4 fully saturated rings. The summed E-state index contributed by atoms with van der Waals surface area (Å²) in [5.74, 6) is 6.15. The third-order valence-electron chi connectivity index (χ3n) is 6.26. The summed E-state index contributed by atoms with van der Waals surface area (Å²) < 4.78 is 1.99. The molecule has 3 heteroatoms. The molecular weight excluding hydrogens is 246 g/mol. The highest BCUT2D eigenvalue weighted by atomic mass is 15.3. The zero-order chi connectivity index (χ0) is 13.7. The fraction of sp³-hybridized carbons (Fsp3) is 0.824. The Morgan fingerprint density at radius 3 is 2.35 bits per heavy atom. The largest absolute Gasteiger partial charge is 0.384 e. The minimum absolute atomic E-state index is 0.826. The first-order chi connectivity index (χ1) is 9.69. The van der Waals surface area contributed by atoms with E-state index < -0.39 is 0 Å². The molecule has 3 nitrogen and oxygen atoms in total. The van der Waals surface area contributed by atoms with Gasteiger partial charge in [0.1, 0.15) is 5.82 Å². The number of nitrogens with zero attached hydrogens (tertiary/aromatic N) is 2. The van der Waals surface area contributed by atoms with Crippen LogP contribution < -0.4 is 5.73 Å². The van der Waals surface area contributed by atoms with Crippen LogP contribution in [-0.2, 0) is 6.54 Å². The maximum atomic E-state index is 5.98. The van der Waals surface area contributed by atoms with Gasteiger partial charge in [-0.2, -0.15) is 5.10 Å². The smallest absolute Gasteiger partial charge is 0.121 e. The van der Waals surface area contributed by atoms with E-state index in [1.54, 1.807) is 32.1 Å². The average molecular weight is 273 g/mol. The summed E-state index contributed by atoms with van der Waals surface area (Å²) in [4.78, 5) is 0. The summed E-state index contributed by atoms with van der Waals surface area (Å²) in [6.45, 7) is 3.02. The van der Waals surface area contributed by atoms with Crippen LogP contribution in [0.5, 0.6) is 0 Å². The van der Waals surface area contributed by atoms with Crippen LogP contribution in [-0.4, -0.2) is 9.78 Å². The lowest BCUT2D eigenvalue weighted by Gasteiger charge is -2.54. The van der Waals surface area contributed by atoms with Crippen LogP contribution in [0.4, 0.5) is 5.82 Å². The molecule has 0 aromatic carbocycles. The quantitative estimate of drug-likeness (QED) is 0.910. The van der Waals surface area contributed by atoms with Gasteiger partial charge in [0.25, 0.3) is 0 Å². The Balaban J connectivity index is 1.35. The summed E-state index contributed by atoms with van der Waals surface area (Å²) in [5.41, 5.74) is 7.02. The number of aromatic nitrogens is 2. The number of aryl methyl sites for hydroxylation is 2. The Morgan fingerprint density at radius 2 is 1.80 bits per heavy atom. The Hall–Kier alpha value is -0.990. The van der Waals surface area contributed by atoms with Crippen molar-refractivity contribution in [2.45, 2.75) is 58.4 Å². The molecule has 0 amide bonds. The van der Waals surface area contributed by atoms with Gasteiger partial charge in [-0.25, -0.2) is 4.68 Å². The van der Waals surface area contributed by atoms with Crippen molar-refractivity contribution >= 4 is 5.82 Å². The monoisotopic (exact) mass is 273 g/mol. The second kappa shape index (κ2) is 4.78. The lowest BCUT2D eigenvalue weighted by atomic mass is 9.51. The first-order valence-electron chi connectivity index (χ1n) is 8.49. The highest BCUT2D eigenvalue weighted by Crippen LogP contribution is 2.57. The molecule has 110 valence electrons. The number of hydrogen-bond acceptors (Lipinski definition) is 2. The number of anilines is 1. The second-order valence-corrected chi connectivity index (χ2v) is 7.67. The normalized spacial score (nSPS) is 38.5. The van der Waals surface area contributed by atoms with Gasteiger partial charge < -0.3 is 5.73 Å². The molecule has 2 N–H and O–H groups in total. The molecule has 1 heterocycles. The molecule has 4 saturated carbocycles. The molecule has 5 rings (SSSR count). The first kappa shape index (κ1) is 12.7. The van der Waals surface area contributed by atoms with Crippen LogP contribution in [0.2, 0.25) is 0 Å². The number of nitrogen functional groups attached to an aromatic ring is 1. The van der Waals surface area contributed by atoms with Gasteiger partial charge in [0, 0.05) is 12.6 Å². The molecule has 0 aliphatic heterocycles. The van der Waals surface area contributed by atoms with Crippen molar-refractivity contribution in [2.75, 3.05) is 5.73 Å². The Labute approximate surface area is 121 Å². The van der Waals surface area contributed by atoms with Gasteiger partial charge in [0.2, 0.25) is 0 Å². The van der Waals surface area contributed by atoms with Gasteiger partial charge in [-0.1, -0.05) is 0 Å². The van der Waals surface area contributed by atoms with E-state index in [9.17, 15) is 0 Å². The average Bonchev–Trinajstić information content (AvgIpc) is 2.70. The van der Waals surface area contributed by atoms with Gasteiger partial charge >= 0.3 is 0 Å². The molecule has 4 aliphatic carbocycles. The third-order valence-corrected chi connectivity index (χ3v) is 6.26. The lowest BCUT2D eigenvalue weighted by Crippen LogP contribution is -2.45. The standard InChI is InChI=1S/C17H27N3/c1-11-5-17(18)20(19-11)4-2-3-16-14-7-12-6-13(9-14)10-15(16)8-12/h5,12-16H,2-4,6-10,18H2,1H3. The van der Waals surface area contributed by atoms with E-state index >= 15 is 0 Å². The number of hydrogen-bond donors (Lipinski definition) is 1. The van der Waals surface area contributed by atoms with Crippen molar-refractivity contribution in [3.8, 4) is 0 Å². The summed E-state index contributed by atoms with van der Waals surface area (Å²) in [7, 11) is 0. The molecule has 1 aromatic heterocycles. The highest BCUT2D eigenvalue weighted by Gasteiger charge is 2.47. The molecule has 0 saturated heterocycles. The topological polar surface area (TPSA) is 43.8 Å². The maximum absolute atomic E-state index is 5.98. The zero-order valence-corrected chi connectivity index (χ0v) is 12.6. The predicted octanol–water partition coefficient (Wildman–Crippen LogP) is 3.63. The molecule has 4 bridgehead atoms. The summed E-state index contributed by atoms with van der Waals surface area (Å²) in [5, 5.41) is 4.48. The fourth-order valence-corrected chi connectivity index (χ4v) is 5.73. The molecule has 0 spiro atoms. The SMILES string of the molecule is Cc1cc(N)n(CCCC2C3CC4CC(C3)CC2C4)n1. The van der Waals surface area contributed by atoms with Crippen LogP contribution in [0.1, 0.15) is 50.6 Å². The Morgan fingerprint density at radius 1 is 1.15 bits per heavy atom. The summed E-state index contributed by atoms with van der Waals surface area (Å²) >= 11 is 0. The predicted molar refractivity (Wildman–Crippen MR) is 81.1 cm³/mol. The fourth-order valence-electron chi connectivity index (χ4n) is 5.73. The van der Waals surface area contributed by atoms with Crippen LogP contribution >= 0.6 is 0 Å². The van der Waals surface area contributed by atoms with Crippen molar-refractivity contribution in [1.82, 2.24) is 9.78 Å². The van der Waals surface area contributed by atoms with Crippen LogP contribution in [0.15, 0.2) is 6.07 Å². The van der Waals surface area contributed by atoms with E-state index in [2.05, 4.69) is 5.10 Å². The van der Waals surface area contributed by atoms with Crippen molar-refractivity contribution in [1.29, 1.82) is 0 Å². The van der Waals surface area contributed by atoms with Gasteiger partial charge in [0.05, 0.1) is 5.69 Å². The van der Waals surface area contributed by atoms with E-state index in [0.717, 1.165) is 47.6 Å². The van der Waals surface area contributed by atoms with Crippen molar-refractivity contribution in [2.24, 2.45) is 29.6 Å². The highest BCUT2D eigenvalue weighted by molar-refractivity contribution is 5.29. The van der Waals surface area contributed by atoms with E-state index in [4.69, 9.17) is 5.73 Å². The van der Waals surface area contributed by atoms with Gasteiger partial charge in [0.15, 0.2) is 0 Å². The Kier molecular flexibility index (Phi) is 3.04. The van der Waals surface area contributed by atoms with Gasteiger partial charge in [-0.15, -0.1) is 0 Å². The minimum Gasteiger partial charge on any atom is -0.384 e. The minimum atomic E-state index is 0.826. The molecule has 0 atom stereocenters. The first-order valence-corrected chi connectivity index (χ1v) is 8.49. The zero-order valence-electron chi connectivity index (χ0n) is 12.6. The number of nitrogens with two attached hydrogens (primary N) is 1. The van der Waals surface area contributed by atoms with E-state index in [1.807, 2.05) is 17.7 Å². The second-order valence-electron chi connectivity index (χ2n) is 7.67. The molecule has 20 heavy (non-hydrogen) atoms. The Bertz CT molecular complexity index is 462. The van der Waals surface area contributed by atoms with Crippen LogP contribution in [0.3, 0.4) is 0 Å². The number of rotatable bonds is 4. The molecule has 0 radical (unpaired) electrons.